The normalized spacial score (nSPS) is 10.1. The number of benzene rings is 1. The van der Waals surface area contributed by atoms with Crippen molar-refractivity contribution in [3.05, 3.63) is 30.1 Å². The van der Waals surface area contributed by atoms with Gasteiger partial charge in [0.15, 0.2) is 0 Å². The molecule has 1 aromatic carbocycles. The zero-order valence-corrected chi connectivity index (χ0v) is 10.6. The largest absolute Gasteiger partial charge is 0.325 e. The average Bonchev–Trinajstić information content (AvgIpc) is 2.34. The van der Waals surface area contributed by atoms with Crippen LogP contribution in [0.3, 0.4) is 0 Å². The van der Waals surface area contributed by atoms with Crippen molar-refractivity contribution in [2.24, 2.45) is 0 Å². The Labute approximate surface area is 102 Å². The minimum absolute atomic E-state index is 0.150. The molecule has 4 heteroatoms. The molecule has 0 N–H and O–H groups in total. The Kier molecular flexibility index (Phi) is 4.94. The highest BCUT2D eigenvalue weighted by Crippen LogP contribution is 2.19. The van der Waals surface area contributed by atoms with Gasteiger partial charge in [-0.25, -0.2) is 9.18 Å². The lowest BCUT2D eigenvalue weighted by Crippen LogP contribution is -2.43. The third kappa shape index (κ3) is 2.96. The molecule has 0 spiro atoms. The molecule has 0 heterocycles. The Morgan fingerprint density at radius 2 is 1.71 bits per heavy atom. The first-order chi connectivity index (χ1) is 8.15. The molecule has 2 amide bonds. The second-order valence-corrected chi connectivity index (χ2v) is 3.65. The minimum atomic E-state index is -0.366. The fraction of sp³-hybridized carbons (Fsp3) is 0.462. The van der Waals surface area contributed by atoms with Crippen LogP contribution in [0.4, 0.5) is 14.9 Å². The van der Waals surface area contributed by atoms with E-state index in [1.54, 1.807) is 23.1 Å². The number of amides is 2. The molecule has 3 nitrogen and oxygen atoms in total. The molecule has 0 radical (unpaired) electrons. The van der Waals surface area contributed by atoms with Gasteiger partial charge < -0.3 is 4.90 Å². The SMILES string of the molecule is CCN(CC)C(=O)N(CC)c1ccccc1F. The monoisotopic (exact) mass is 238 g/mol. The van der Waals surface area contributed by atoms with Crippen molar-refractivity contribution in [2.75, 3.05) is 24.5 Å². The summed E-state index contributed by atoms with van der Waals surface area (Å²) in [5.74, 6) is -0.366. The van der Waals surface area contributed by atoms with Gasteiger partial charge in [-0.15, -0.1) is 0 Å². The number of para-hydroxylation sites is 1. The Bertz CT molecular complexity index is 377. The predicted molar refractivity (Wildman–Crippen MR) is 67.7 cm³/mol. The number of urea groups is 1. The Morgan fingerprint density at radius 1 is 1.12 bits per heavy atom. The van der Waals surface area contributed by atoms with E-state index < -0.39 is 0 Å². The zero-order chi connectivity index (χ0) is 12.8. The molecule has 0 bridgehead atoms. The van der Waals surface area contributed by atoms with E-state index in [-0.39, 0.29) is 11.8 Å². The van der Waals surface area contributed by atoms with Crippen LogP contribution in [0.2, 0.25) is 0 Å². The van der Waals surface area contributed by atoms with E-state index in [4.69, 9.17) is 0 Å². The van der Waals surface area contributed by atoms with Crippen molar-refractivity contribution in [3.8, 4) is 0 Å². The summed E-state index contributed by atoms with van der Waals surface area (Å²) >= 11 is 0. The Morgan fingerprint density at radius 3 is 2.18 bits per heavy atom. The molecule has 0 unspecified atom stereocenters. The van der Waals surface area contributed by atoms with Crippen LogP contribution in [0, 0.1) is 5.82 Å². The quantitative estimate of drug-likeness (QED) is 0.790. The summed E-state index contributed by atoms with van der Waals surface area (Å²) in [4.78, 5) is 15.3. The van der Waals surface area contributed by atoms with Crippen LogP contribution in [0.25, 0.3) is 0 Å². The molecule has 1 rings (SSSR count). The van der Waals surface area contributed by atoms with Crippen LogP contribution in [-0.4, -0.2) is 30.6 Å². The molecule has 0 saturated carbocycles. The summed E-state index contributed by atoms with van der Waals surface area (Å²) in [7, 11) is 0. The topological polar surface area (TPSA) is 23.6 Å². The van der Waals surface area contributed by atoms with Gasteiger partial charge in [0, 0.05) is 19.6 Å². The number of rotatable bonds is 4. The van der Waals surface area contributed by atoms with Gasteiger partial charge in [0.2, 0.25) is 0 Å². The maximum atomic E-state index is 13.6. The van der Waals surface area contributed by atoms with E-state index in [1.807, 2.05) is 20.8 Å². The molecule has 94 valence electrons. The van der Waals surface area contributed by atoms with Gasteiger partial charge in [0.25, 0.3) is 0 Å². The standard InChI is InChI=1S/C13H19FN2O/c1-4-15(5-2)13(17)16(6-3)12-10-8-7-9-11(12)14/h7-10H,4-6H2,1-3H3. The van der Waals surface area contributed by atoms with Crippen LogP contribution >= 0.6 is 0 Å². The number of halogens is 1. The lowest BCUT2D eigenvalue weighted by atomic mass is 10.3. The zero-order valence-electron chi connectivity index (χ0n) is 10.6. The molecule has 17 heavy (non-hydrogen) atoms. The van der Waals surface area contributed by atoms with Crippen LogP contribution in [0.5, 0.6) is 0 Å². The summed E-state index contributed by atoms with van der Waals surface area (Å²) in [5.41, 5.74) is 0.340. The van der Waals surface area contributed by atoms with Gasteiger partial charge in [-0.3, -0.25) is 4.90 Å². The molecule has 0 aliphatic heterocycles. The van der Waals surface area contributed by atoms with Crippen LogP contribution in [0.1, 0.15) is 20.8 Å². The van der Waals surface area contributed by atoms with Crippen molar-refractivity contribution < 1.29 is 9.18 Å². The highest BCUT2D eigenvalue weighted by molar-refractivity contribution is 5.92. The molecular formula is C13H19FN2O. The molecule has 0 aromatic heterocycles. The van der Waals surface area contributed by atoms with Gasteiger partial charge in [0.05, 0.1) is 5.69 Å². The highest BCUT2D eigenvalue weighted by Gasteiger charge is 2.20. The van der Waals surface area contributed by atoms with Crippen molar-refractivity contribution in [1.82, 2.24) is 4.90 Å². The third-order valence-corrected chi connectivity index (χ3v) is 2.72. The summed E-state index contributed by atoms with van der Waals surface area (Å²) in [6, 6.07) is 6.20. The van der Waals surface area contributed by atoms with E-state index >= 15 is 0 Å². The number of hydrogen-bond donors (Lipinski definition) is 0. The van der Waals surface area contributed by atoms with Gasteiger partial charge in [0.1, 0.15) is 5.82 Å². The molecule has 0 saturated heterocycles. The Balaban J connectivity index is 3.00. The van der Waals surface area contributed by atoms with E-state index in [2.05, 4.69) is 0 Å². The van der Waals surface area contributed by atoms with Crippen LogP contribution in [0.15, 0.2) is 24.3 Å². The number of nitrogens with zero attached hydrogens (tertiary/aromatic N) is 2. The summed E-state index contributed by atoms with van der Waals surface area (Å²) in [6.07, 6.45) is 0. The number of hydrogen-bond acceptors (Lipinski definition) is 1. The van der Waals surface area contributed by atoms with E-state index in [0.29, 0.717) is 25.3 Å². The number of carbonyl (C=O) groups excluding carboxylic acids is 1. The first kappa shape index (κ1) is 13.5. The maximum absolute atomic E-state index is 13.6. The van der Waals surface area contributed by atoms with Crippen molar-refractivity contribution in [1.29, 1.82) is 0 Å². The second kappa shape index (κ2) is 6.23. The second-order valence-electron chi connectivity index (χ2n) is 3.65. The smallest absolute Gasteiger partial charge is 0.324 e. The third-order valence-electron chi connectivity index (χ3n) is 2.72. The molecule has 0 aliphatic rings. The Hall–Kier alpha value is -1.58. The summed E-state index contributed by atoms with van der Waals surface area (Å²) in [5, 5.41) is 0. The first-order valence-corrected chi connectivity index (χ1v) is 5.96. The fourth-order valence-corrected chi connectivity index (χ4v) is 1.74. The van der Waals surface area contributed by atoms with E-state index in [1.165, 1.54) is 11.0 Å². The fourth-order valence-electron chi connectivity index (χ4n) is 1.74. The van der Waals surface area contributed by atoms with Crippen molar-refractivity contribution >= 4 is 11.7 Å². The molecule has 0 fully saturated rings. The first-order valence-electron chi connectivity index (χ1n) is 5.96. The number of anilines is 1. The summed E-state index contributed by atoms with van der Waals surface area (Å²) < 4.78 is 13.6. The minimum Gasteiger partial charge on any atom is -0.325 e. The number of carbonyl (C=O) groups is 1. The average molecular weight is 238 g/mol. The van der Waals surface area contributed by atoms with E-state index in [9.17, 15) is 9.18 Å². The lowest BCUT2D eigenvalue weighted by Gasteiger charge is -2.28. The van der Waals surface area contributed by atoms with Gasteiger partial charge in [-0.2, -0.15) is 0 Å². The highest BCUT2D eigenvalue weighted by atomic mass is 19.1. The molecule has 1 aromatic rings. The summed E-state index contributed by atoms with van der Waals surface area (Å²) in [6.45, 7) is 7.37. The lowest BCUT2D eigenvalue weighted by molar-refractivity contribution is 0.210. The van der Waals surface area contributed by atoms with E-state index in [0.717, 1.165) is 0 Å². The molecule has 0 aliphatic carbocycles. The van der Waals surface area contributed by atoms with Gasteiger partial charge in [-0.05, 0) is 32.9 Å². The van der Waals surface area contributed by atoms with Crippen LogP contribution < -0.4 is 4.90 Å². The van der Waals surface area contributed by atoms with Crippen LogP contribution in [-0.2, 0) is 0 Å². The predicted octanol–water partition coefficient (Wildman–Crippen LogP) is 3.11. The molecule has 0 atom stereocenters. The van der Waals surface area contributed by atoms with Gasteiger partial charge >= 0.3 is 6.03 Å². The molecular weight excluding hydrogens is 219 g/mol. The van der Waals surface area contributed by atoms with Crippen molar-refractivity contribution in [3.63, 3.8) is 0 Å². The maximum Gasteiger partial charge on any atom is 0.324 e. The van der Waals surface area contributed by atoms with Crippen molar-refractivity contribution in [2.45, 2.75) is 20.8 Å². The van der Waals surface area contributed by atoms with Gasteiger partial charge in [-0.1, -0.05) is 12.1 Å².